The first kappa shape index (κ1) is 24.2. The third-order valence-electron chi connectivity index (χ3n) is 6.28. The Morgan fingerprint density at radius 1 is 0.861 bits per heavy atom. The SMILES string of the molecule is CCCOc1ccc(C2C3C(=O)N(c4ccc(Cl)cc4)C(=O)C3ON2c2ccccc2)cc1OCC. The van der Waals surface area contributed by atoms with Crippen molar-refractivity contribution in [3.63, 3.8) is 0 Å². The van der Waals surface area contributed by atoms with Crippen molar-refractivity contribution in [3.05, 3.63) is 83.4 Å². The van der Waals surface area contributed by atoms with E-state index < -0.39 is 24.0 Å². The maximum absolute atomic E-state index is 13.8. The van der Waals surface area contributed by atoms with E-state index in [0.29, 0.717) is 35.4 Å². The predicted molar refractivity (Wildman–Crippen MR) is 137 cm³/mol. The molecule has 0 spiro atoms. The molecule has 8 heteroatoms. The number of hydroxylamine groups is 1. The molecule has 2 amide bonds. The van der Waals surface area contributed by atoms with Crippen molar-refractivity contribution in [1.82, 2.24) is 0 Å². The van der Waals surface area contributed by atoms with E-state index in [-0.39, 0.29) is 5.91 Å². The molecule has 0 radical (unpaired) electrons. The van der Waals surface area contributed by atoms with Crippen LogP contribution in [0.3, 0.4) is 0 Å². The number of hydrogen-bond acceptors (Lipinski definition) is 6. The highest BCUT2D eigenvalue weighted by atomic mass is 35.5. The molecule has 3 aromatic rings. The van der Waals surface area contributed by atoms with E-state index in [4.69, 9.17) is 25.9 Å². The van der Waals surface area contributed by atoms with Gasteiger partial charge in [0, 0.05) is 5.02 Å². The van der Waals surface area contributed by atoms with Gasteiger partial charge in [0.1, 0.15) is 5.92 Å². The molecule has 5 rings (SSSR count). The van der Waals surface area contributed by atoms with Crippen LogP contribution in [0.2, 0.25) is 5.02 Å². The Hall–Kier alpha value is -3.55. The Balaban J connectivity index is 1.57. The number of imide groups is 1. The average molecular weight is 507 g/mol. The Kier molecular flexibility index (Phi) is 6.85. The third-order valence-corrected chi connectivity index (χ3v) is 6.53. The number of halogens is 1. The first-order valence-electron chi connectivity index (χ1n) is 12.1. The van der Waals surface area contributed by atoms with Gasteiger partial charge in [-0.1, -0.05) is 42.8 Å². The summed E-state index contributed by atoms with van der Waals surface area (Å²) in [4.78, 5) is 34.6. The van der Waals surface area contributed by atoms with Crippen LogP contribution >= 0.6 is 11.6 Å². The molecule has 0 aliphatic carbocycles. The predicted octanol–water partition coefficient (Wildman–Crippen LogP) is 5.58. The zero-order valence-corrected chi connectivity index (χ0v) is 20.9. The first-order chi connectivity index (χ1) is 17.5. The molecule has 0 aromatic heterocycles. The molecule has 7 nitrogen and oxygen atoms in total. The number of rotatable bonds is 8. The van der Waals surface area contributed by atoms with E-state index in [2.05, 4.69) is 0 Å². The molecule has 0 N–H and O–H groups in total. The number of para-hydroxylation sites is 1. The van der Waals surface area contributed by atoms with Crippen molar-refractivity contribution in [3.8, 4) is 11.5 Å². The van der Waals surface area contributed by atoms with Gasteiger partial charge in [0.05, 0.1) is 30.6 Å². The van der Waals surface area contributed by atoms with Gasteiger partial charge >= 0.3 is 0 Å². The molecule has 3 unspecified atom stereocenters. The van der Waals surface area contributed by atoms with Crippen molar-refractivity contribution >= 4 is 34.8 Å². The molecule has 3 aromatic carbocycles. The van der Waals surface area contributed by atoms with E-state index >= 15 is 0 Å². The van der Waals surface area contributed by atoms with Crippen LogP contribution in [0.5, 0.6) is 11.5 Å². The average Bonchev–Trinajstić information content (AvgIpc) is 3.40. The van der Waals surface area contributed by atoms with Crippen LogP contribution in [0.1, 0.15) is 31.9 Å². The highest BCUT2D eigenvalue weighted by Crippen LogP contribution is 2.48. The fourth-order valence-electron chi connectivity index (χ4n) is 4.71. The Morgan fingerprint density at radius 2 is 1.61 bits per heavy atom. The first-order valence-corrected chi connectivity index (χ1v) is 12.4. The molecule has 2 aliphatic heterocycles. The molecule has 0 saturated carbocycles. The summed E-state index contributed by atoms with van der Waals surface area (Å²) in [5.74, 6) is -0.235. The molecule has 2 heterocycles. The van der Waals surface area contributed by atoms with Crippen molar-refractivity contribution in [2.24, 2.45) is 5.92 Å². The molecule has 0 bridgehead atoms. The van der Waals surface area contributed by atoms with Gasteiger partial charge in [-0.05, 0) is 67.4 Å². The van der Waals surface area contributed by atoms with Crippen LogP contribution in [-0.2, 0) is 14.4 Å². The summed E-state index contributed by atoms with van der Waals surface area (Å²) in [6, 6.07) is 21.2. The van der Waals surface area contributed by atoms with Crippen molar-refractivity contribution in [2.45, 2.75) is 32.4 Å². The fourth-order valence-corrected chi connectivity index (χ4v) is 4.83. The number of benzene rings is 3. The highest BCUT2D eigenvalue weighted by Gasteiger charge is 2.60. The zero-order valence-electron chi connectivity index (χ0n) is 20.1. The van der Waals surface area contributed by atoms with Gasteiger partial charge in [-0.2, -0.15) is 0 Å². The van der Waals surface area contributed by atoms with E-state index in [1.807, 2.05) is 62.4 Å². The largest absolute Gasteiger partial charge is 0.490 e. The Bertz CT molecular complexity index is 1250. The lowest BCUT2D eigenvalue weighted by Gasteiger charge is -2.29. The second-order valence-corrected chi connectivity index (χ2v) is 9.07. The lowest BCUT2D eigenvalue weighted by atomic mass is 9.90. The van der Waals surface area contributed by atoms with Gasteiger partial charge in [0.15, 0.2) is 17.6 Å². The third kappa shape index (κ3) is 4.29. The second kappa shape index (κ2) is 10.2. The summed E-state index contributed by atoms with van der Waals surface area (Å²) < 4.78 is 11.7. The Morgan fingerprint density at radius 3 is 2.31 bits per heavy atom. The molecular weight excluding hydrogens is 480 g/mol. The topological polar surface area (TPSA) is 68.3 Å². The maximum Gasteiger partial charge on any atom is 0.266 e. The van der Waals surface area contributed by atoms with Gasteiger partial charge in [-0.3, -0.25) is 14.4 Å². The minimum Gasteiger partial charge on any atom is -0.490 e. The van der Waals surface area contributed by atoms with E-state index in [1.54, 1.807) is 29.3 Å². The van der Waals surface area contributed by atoms with Crippen LogP contribution in [-0.4, -0.2) is 31.1 Å². The Labute approximate surface area is 215 Å². The minimum atomic E-state index is -0.954. The fraction of sp³-hybridized carbons (Fsp3) is 0.286. The van der Waals surface area contributed by atoms with Crippen molar-refractivity contribution in [1.29, 1.82) is 0 Å². The number of anilines is 2. The van der Waals surface area contributed by atoms with Crippen LogP contribution in [0, 0.1) is 5.92 Å². The summed E-state index contributed by atoms with van der Waals surface area (Å²) >= 11 is 6.02. The molecule has 2 aliphatic rings. The van der Waals surface area contributed by atoms with Crippen LogP contribution in [0.25, 0.3) is 0 Å². The smallest absolute Gasteiger partial charge is 0.266 e. The van der Waals surface area contributed by atoms with Crippen molar-refractivity contribution < 1.29 is 23.9 Å². The van der Waals surface area contributed by atoms with Crippen LogP contribution < -0.4 is 19.4 Å². The number of ether oxygens (including phenoxy) is 2. The second-order valence-electron chi connectivity index (χ2n) is 8.63. The van der Waals surface area contributed by atoms with Gasteiger partial charge in [0.2, 0.25) is 5.91 Å². The molecule has 2 saturated heterocycles. The number of carbonyl (C=O) groups is 2. The van der Waals surface area contributed by atoms with Crippen LogP contribution in [0.4, 0.5) is 11.4 Å². The molecule has 36 heavy (non-hydrogen) atoms. The number of fused-ring (bicyclic) bond motifs is 1. The van der Waals surface area contributed by atoms with Gasteiger partial charge in [0.25, 0.3) is 5.91 Å². The number of carbonyl (C=O) groups excluding carboxylic acids is 2. The summed E-state index contributed by atoms with van der Waals surface area (Å²) in [6.45, 7) is 4.97. The minimum absolute atomic E-state index is 0.319. The van der Waals surface area contributed by atoms with E-state index in [1.165, 1.54) is 4.90 Å². The van der Waals surface area contributed by atoms with E-state index in [0.717, 1.165) is 17.7 Å². The van der Waals surface area contributed by atoms with Gasteiger partial charge < -0.3 is 9.47 Å². The summed E-state index contributed by atoms with van der Waals surface area (Å²) in [5.41, 5.74) is 2.01. The molecular formula is C28H27ClN2O5. The summed E-state index contributed by atoms with van der Waals surface area (Å²) in [5, 5.41) is 2.19. The lowest BCUT2D eigenvalue weighted by Crippen LogP contribution is -2.37. The van der Waals surface area contributed by atoms with Crippen molar-refractivity contribution in [2.75, 3.05) is 23.2 Å². The number of amides is 2. The zero-order chi connectivity index (χ0) is 25.2. The van der Waals surface area contributed by atoms with Gasteiger partial charge in [-0.25, -0.2) is 9.96 Å². The summed E-state index contributed by atoms with van der Waals surface area (Å²) in [6.07, 6.45) is -0.0862. The quantitative estimate of drug-likeness (QED) is 0.372. The normalized spacial score (nSPS) is 21.1. The standard InChI is InChI=1S/C28H27ClN2O5/c1-3-16-35-22-15-10-18(17-23(22)34-4-2)25-24-26(36-31(25)21-8-6-5-7-9-21)28(33)30(27(24)32)20-13-11-19(29)12-14-20/h5-15,17,24-26H,3-4,16H2,1-2H3. The van der Waals surface area contributed by atoms with Gasteiger partial charge in [-0.15, -0.1) is 0 Å². The summed E-state index contributed by atoms with van der Waals surface area (Å²) in [7, 11) is 0. The maximum atomic E-state index is 13.8. The molecule has 3 atom stereocenters. The lowest BCUT2D eigenvalue weighted by molar-refractivity contribution is -0.126. The monoisotopic (exact) mass is 506 g/mol. The number of nitrogens with zero attached hydrogens (tertiary/aromatic N) is 2. The molecule has 186 valence electrons. The van der Waals surface area contributed by atoms with Crippen LogP contribution in [0.15, 0.2) is 72.8 Å². The highest BCUT2D eigenvalue weighted by molar-refractivity contribution is 6.31. The van der Waals surface area contributed by atoms with E-state index in [9.17, 15) is 9.59 Å². The molecule has 2 fully saturated rings. The number of hydrogen-bond donors (Lipinski definition) is 0.